The molecular weight excluding hydrogens is 244 g/mol. The van der Waals surface area contributed by atoms with Gasteiger partial charge in [0.05, 0.1) is 0 Å². The van der Waals surface area contributed by atoms with Crippen LogP contribution in [0.25, 0.3) is 0 Å². The first kappa shape index (κ1) is 13.7. The van der Waals surface area contributed by atoms with Crippen molar-refractivity contribution in [2.75, 3.05) is 19.9 Å². The van der Waals surface area contributed by atoms with Crippen LogP contribution in [0.15, 0.2) is 18.2 Å². The van der Waals surface area contributed by atoms with Crippen LogP contribution in [0, 0.1) is 5.92 Å². The Morgan fingerprint density at radius 1 is 1.42 bits per heavy atom. The molecule has 0 aliphatic carbocycles. The molecule has 2 rings (SSSR count). The molecule has 1 heterocycles. The second-order valence-electron chi connectivity index (χ2n) is 4.83. The highest BCUT2D eigenvalue weighted by Crippen LogP contribution is 2.32. The number of carbonyl (C=O) groups excluding carboxylic acids is 1. The molecule has 0 saturated carbocycles. The maximum Gasteiger partial charge on any atom is 0.231 e. The summed E-state index contributed by atoms with van der Waals surface area (Å²) >= 11 is 0. The van der Waals surface area contributed by atoms with Crippen LogP contribution < -0.4 is 20.5 Å². The van der Waals surface area contributed by atoms with Crippen LogP contribution >= 0.6 is 0 Å². The maximum absolute atomic E-state index is 11.6. The Bertz CT molecular complexity index is 448. The van der Waals surface area contributed by atoms with E-state index in [1.165, 1.54) is 0 Å². The van der Waals surface area contributed by atoms with Gasteiger partial charge in [-0.3, -0.25) is 4.79 Å². The van der Waals surface area contributed by atoms with Gasteiger partial charge in [0, 0.05) is 13.0 Å². The molecule has 19 heavy (non-hydrogen) atoms. The number of fused-ring (bicyclic) bond motifs is 1. The highest BCUT2D eigenvalue weighted by molar-refractivity contribution is 5.76. The van der Waals surface area contributed by atoms with Gasteiger partial charge in [-0.15, -0.1) is 0 Å². The van der Waals surface area contributed by atoms with E-state index in [2.05, 4.69) is 5.32 Å². The van der Waals surface area contributed by atoms with Gasteiger partial charge in [0.25, 0.3) is 0 Å². The van der Waals surface area contributed by atoms with Gasteiger partial charge < -0.3 is 20.5 Å². The number of nitrogens with one attached hydrogen (secondary N) is 1. The molecule has 1 aliphatic rings. The third-order valence-corrected chi connectivity index (χ3v) is 3.11. The maximum atomic E-state index is 11.6. The van der Waals surface area contributed by atoms with Crippen molar-refractivity contribution >= 4 is 5.91 Å². The lowest BCUT2D eigenvalue weighted by Gasteiger charge is -2.09. The minimum Gasteiger partial charge on any atom is -0.454 e. The topological polar surface area (TPSA) is 73.6 Å². The van der Waals surface area contributed by atoms with E-state index in [1.807, 2.05) is 25.1 Å². The molecule has 3 N–H and O–H groups in total. The molecule has 1 unspecified atom stereocenters. The molecule has 1 atom stereocenters. The third kappa shape index (κ3) is 3.86. The molecule has 5 heteroatoms. The number of benzene rings is 1. The molecule has 1 aromatic rings. The van der Waals surface area contributed by atoms with Crippen LogP contribution in [-0.2, 0) is 11.2 Å². The summed E-state index contributed by atoms with van der Waals surface area (Å²) in [5.41, 5.74) is 6.61. The second kappa shape index (κ2) is 6.43. The standard InChI is InChI=1S/C14H20N2O3/c1-10(8-15)6-14(17)16-5-4-11-2-3-12-13(7-11)19-9-18-12/h2-3,7,10H,4-6,8-9,15H2,1H3,(H,16,17). The minimum atomic E-state index is 0.0543. The number of carbonyl (C=O) groups is 1. The third-order valence-electron chi connectivity index (χ3n) is 3.11. The highest BCUT2D eigenvalue weighted by atomic mass is 16.7. The summed E-state index contributed by atoms with van der Waals surface area (Å²) in [5, 5.41) is 2.90. The van der Waals surface area contributed by atoms with Crippen LogP contribution in [0.1, 0.15) is 18.9 Å². The first-order chi connectivity index (χ1) is 9.19. The van der Waals surface area contributed by atoms with Crippen molar-refractivity contribution in [3.05, 3.63) is 23.8 Å². The van der Waals surface area contributed by atoms with Gasteiger partial charge in [0.2, 0.25) is 12.7 Å². The number of nitrogens with two attached hydrogens (primary N) is 1. The molecule has 0 fully saturated rings. The van der Waals surface area contributed by atoms with Gasteiger partial charge in [-0.25, -0.2) is 0 Å². The number of rotatable bonds is 6. The summed E-state index contributed by atoms with van der Waals surface area (Å²) < 4.78 is 10.6. The minimum absolute atomic E-state index is 0.0543. The first-order valence-corrected chi connectivity index (χ1v) is 6.54. The van der Waals surface area contributed by atoms with Gasteiger partial charge in [-0.2, -0.15) is 0 Å². The van der Waals surface area contributed by atoms with Crippen LogP contribution in [0.2, 0.25) is 0 Å². The molecule has 104 valence electrons. The van der Waals surface area contributed by atoms with Crippen LogP contribution in [0.3, 0.4) is 0 Å². The molecule has 0 saturated heterocycles. The van der Waals surface area contributed by atoms with Crippen molar-refractivity contribution < 1.29 is 14.3 Å². The van der Waals surface area contributed by atoms with Crippen molar-refractivity contribution in [2.24, 2.45) is 11.7 Å². The van der Waals surface area contributed by atoms with Gasteiger partial charge >= 0.3 is 0 Å². The largest absolute Gasteiger partial charge is 0.454 e. The fourth-order valence-corrected chi connectivity index (χ4v) is 1.91. The van der Waals surface area contributed by atoms with E-state index in [-0.39, 0.29) is 18.6 Å². The molecule has 0 spiro atoms. The highest BCUT2D eigenvalue weighted by Gasteiger charge is 2.13. The Morgan fingerprint density at radius 2 is 2.21 bits per heavy atom. The Balaban J connectivity index is 1.75. The van der Waals surface area contributed by atoms with E-state index in [0.717, 1.165) is 23.5 Å². The summed E-state index contributed by atoms with van der Waals surface area (Å²) in [6.45, 7) is 3.41. The predicted octanol–water partition coefficient (Wildman–Crippen LogP) is 1.06. The Kier molecular flexibility index (Phi) is 4.63. The normalized spacial score (nSPS) is 14.2. The SMILES string of the molecule is CC(CN)CC(=O)NCCc1ccc2c(c1)OCO2. The number of hydrogen-bond donors (Lipinski definition) is 2. The molecule has 0 bridgehead atoms. The summed E-state index contributed by atoms with van der Waals surface area (Å²) in [5.74, 6) is 1.84. The summed E-state index contributed by atoms with van der Waals surface area (Å²) in [4.78, 5) is 11.6. The zero-order chi connectivity index (χ0) is 13.7. The lowest BCUT2D eigenvalue weighted by atomic mass is 10.1. The van der Waals surface area contributed by atoms with E-state index in [0.29, 0.717) is 19.5 Å². The van der Waals surface area contributed by atoms with Crippen molar-refractivity contribution in [2.45, 2.75) is 19.8 Å². The zero-order valence-electron chi connectivity index (χ0n) is 11.1. The van der Waals surface area contributed by atoms with Crippen molar-refractivity contribution in [3.8, 4) is 11.5 Å². The van der Waals surface area contributed by atoms with Crippen LogP contribution in [0.4, 0.5) is 0 Å². The molecule has 1 amide bonds. The average Bonchev–Trinajstić information content (AvgIpc) is 2.86. The molecular formula is C14H20N2O3. The Morgan fingerprint density at radius 3 is 3.00 bits per heavy atom. The lowest BCUT2D eigenvalue weighted by Crippen LogP contribution is -2.28. The molecule has 0 radical (unpaired) electrons. The summed E-state index contributed by atoms with van der Waals surface area (Å²) in [6.07, 6.45) is 1.26. The lowest BCUT2D eigenvalue weighted by molar-refractivity contribution is -0.121. The van der Waals surface area contributed by atoms with Crippen molar-refractivity contribution in [3.63, 3.8) is 0 Å². The zero-order valence-corrected chi connectivity index (χ0v) is 11.1. The quantitative estimate of drug-likeness (QED) is 0.805. The van der Waals surface area contributed by atoms with E-state index in [4.69, 9.17) is 15.2 Å². The Labute approximate surface area is 113 Å². The van der Waals surface area contributed by atoms with Crippen LogP contribution in [0.5, 0.6) is 11.5 Å². The van der Waals surface area contributed by atoms with Crippen molar-refractivity contribution in [1.82, 2.24) is 5.32 Å². The average molecular weight is 264 g/mol. The van der Waals surface area contributed by atoms with Gasteiger partial charge in [0.1, 0.15) is 0 Å². The van der Waals surface area contributed by atoms with E-state index in [1.54, 1.807) is 0 Å². The first-order valence-electron chi connectivity index (χ1n) is 6.54. The Hall–Kier alpha value is -1.75. The number of amides is 1. The predicted molar refractivity (Wildman–Crippen MR) is 72.1 cm³/mol. The molecule has 5 nitrogen and oxygen atoms in total. The van der Waals surface area contributed by atoms with Crippen LogP contribution in [-0.4, -0.2) is 25.8 Å². The van der Waals surface area contributed by atoms with E-state index < -0.39 is 0 Å². The van der Waals surface area contributed by atoms with Gasteiger partial charge in [-0.05, 0) is 36.6 Å². The van der Waals surface area contributed by atoms with Gasteiger partial charge in [-0.1, -0.05) is 13.0 Å². The molecule has 1 aliphatic heterocycles. The van der Waals surface area contributed by atoms with E-state index >= 15 is 0 Å². The second-order valence-corrected chi connectivity index (χ2v) is 4.83. The smallest absolute Gasteiger partial charge is 0.231 e. The molecule has 1 aromatic carbocycles. The fraction of sp³-hybridized carbons (Fsp3) is 0.500. The van der Waals surface area contributed by atoms with Crippen molar-refractivity contribution in [1.29, 1.82) is 0 Å². The van der Waals surface area contributed by atoms with Gasteiger partial charge in [0.15, 0.2) is 11.5 Å². The number of hydrogen-bond acceptors (Lipinski definition) is 4. The van der Waals surface area contributed by atoms with E-state index in [9.17, 15) is 4.79 Å². The molecule has 0 aromatic heterocycles. The summed E-state index contributed by atoms with van der Waals surface area (Å²) in [6, 6.07) is 5.84. The fourth-order valence-electron chi connectivity index (χ4n) is 1.91. The number of ether oxygens (including phenoxy) is 2. The summed E-state index contributed by atoms with van der Waals surface area (Å²) in [7, 11) is 0. The monoisotopic (exact) mass is 264 g/mol.